The van der Waals surface area contributed by atoms with Crippen molar-refractivity contribution in [2.45, 2.75) is 24.7 Å². The minimum Gasteiger partial charge on any atom is -0.394 e. The van der Waals surface area contributed by atoms with Crippen molar-refractivity contribution in [1.82, 2.24) is 9.55 Å². The maximum atomic E-state index is 13.6. The molecule has 0 unspecified atom stereocenters. The van der Waals surface area contributed by atoms with E-state index in [-0.39, 0.29) is 5.82 Å². The van der Waals surface area contributed by atoms with Crippen LogP contribution in [0, 0.1) is 12.8 Å². The topological polar surface area (TPSA) is 90.4 Å². The number of aliphatic hydroxyl groups is 1. The van der Waals surface area contributed by atoms with Gasteiger partial charge < -0.3 is 15.6 Å². The SMILES string of the molecule is C#C.Nc1ccn([C@@H]2O[C@H](CO)CC2(F)F)c(=O)n1. The number of anilines is 1. The first kappa shape index (κ1) is 15.1. The van der Waals surface area contributed by atoms with Gasteiger partial charge in [0.15, 0.2) is 0 Å². The molecule has 1 fully saturated rings. The van der Waals surface area contributed by atoms with Gasteiger partial charge in [0.1, 0.15) is 5.82 Å². The number of halogens is 2. The average Bonchev–Trinajstić information content (AvgIpc) is 2.67. The number of ether oxygens (including phenoxy) is 1. The number of aliphatic hydroxyl groups excluding tert-OH is 1. The maximum absolute atomic E-state index is 13.6. The summed E-state index contributed by atoms with van der Waals surface area (Å²) in [6, 6.07) is 1.23. The highest BCUT2D eigenvalue weighted by Gasteiger charge is 2.51. The molecule has 0 spiro atoms. The number of hydrogen-bond donors (Lipinski definition) is 2. The predicted octanol–water partition coefficient (Wildman–Crippen LogP) is -0.01000. The molecule has 1 aliphatic heterocycles. The number of nitrogens with two attached hydrogens (primary N) is 1. The Morgan fingerprint density at radius 3 is 2.74 bits per heavy atom. The second-order valence-corrected chi connectivity index (χ2v) is 3.80. The standard InChI is InChI=1S/C9H11F2N3O3.C2H2/c10-9(11)3-5(4-15)17-7(9)14-2-1-6(12)13-8(14)16;1-2/h1-2,5,7,15H,3-4H2,(H2,12,13,16);1-2H/t5-,7+;/m0./s1. The van der Waals surface area contributed by atoms with Gasteiger partial charge in [-0.05, 0) is 6.07 Å². The van der Waals surface area contributed by atoms with E-state index in [2.05, 4.69) is 17.8 Å². The summed E-state index contributed by atoms with van der Waals surface area (Å²) in [7, 11) is 0. The van der Waals surface area contributed by atoms with Crippen molar-refractivity contribution in [2.75, 3.05) is 12.3 Å². The summed E-state index contributed by atoms with van der Waals surface area (Å²) in [5, 5.41) is 8.80. The summed E-state index contributed by atoms with van der Waals surface area (Å²) in [6.07, 6.45) is 5.73. The predicted molar refractivity (Wildman–Crippen MR) is 63.4 cm³/mol. The van der Waals surface area contributed by atoms with Gasteiger partial charge in [0, 0.05) is 12.6 Å². The summed E-state index contributed by atoms with van der Waals surface area (Å²) in [6.45, 7) is -0.525. The van der Waals surface area contributed by atoms with E-state index in [0.29, 0.717) is 4.57 Å². The van der Waals surface area contributed by atoms with Crippen LogP contribution in [0.15, 0.2) is 17.1 Å². The molecule has 1 aliphatic rings. The molecule has 0 radical (unpaired) electrons. The van der Waals surface area contributed by atoms with Crippen LogP contribution in [0.25, 0.3) is 0 Å². The van der Waals surface area contributed by atoms with E-state index < -0.39 is 37.0 Å². The Kier molecular flexibility index (Phi) is 4.58. The zero-order valence-electron chi connectivity index (χ0n) is 9.87. The van der Waals surface area contributed by atoms with E-state index in [0.717, 1.165) is 6.20 Å². The second kappa shape index (κ2) is 5.77. The zero-order chi connectivity index (χ0) is 14.6. The van der Waals surface area contributed by atoms with Gasteiger partial charge in [-0.3, -0.25) is 4.57 Å². The van der Waals surface area contributed by atoms with Crippen LogP contribution in [-0.4, -0.2) is 33.3 Å². The molecule has 0 aromatic carbocycles. The number of alkyl halides is 2. The Morgan fingerprint density at radius 2 is 2.26 bits per heavy atom. The largest absolute Gasteiger partial charge is 0.394 e. The van der Waals surface area contributed by atoms with Crippen molar-refractivity contribution >= 4 is 5.82 Å². The third-order valence-corrected chi connectivity index (χ3v) is 2.49. The molecule has 0 aliphatic carbocycles. The van der Waals surface area contributed by atoms with Crippen molar-refractivity contribution < 1.29 is 18.6 Å². The molecule has 8 heteroatoms. The Morgan fingerprint density at radius 1 is 1.63 bits per heavy atom. The van der Waals surface area contributed by atoms with Crippen LogP contribution in [0.2, 0.25) is 0 Å². The molecular formula is C11H13F2N3O3. The van der Waals surface area contributed by atoms with Crippen LogP contribution in [0.5, 0.6) is 0 Å². The van der Waals surface area contributed by atoms with Crippen molar-refractivity contribution in [3.63, 3.8) is 0 Å². The van der Waals surface area contributed by atoms with Crippen molar-refractivity contribution in [2.24, 2.45) is 0 Å². The molecule has 19 heavy (non-hydrogen) atoms. The van der Waals surface area contributed by atoms with E-state index in [9.17, 15) is 13.6 Å². The maximum Gasteiger partial charge on any atom is 0.351 e. The fraction of sp³-hybridized carbons (Fsp3) is 0.455. The number of terminal acetylenes is 1. The quantitative estimate of drug-likeness (QED) is 0.740. The van der Waals surface area contributed by atoms with Crippen molar-refractivity contribution in [3.05, 3.63) is 22.7 Å². The van der Waals surface area contributed by atoms with Gasteiger partial charge in [-0.25, -0.2) is 13.6 Å². The molecule has 0 bridgehead atoms. The van der Waals surface area contributed by atoms with Gasteiger partial charge in [0.25, 0.3) is 5.92 Å². The third-order valence-electron chi connectivity index (χ3n) is 2.49. The molecule has 104 valence electrons. The minimum atomic E-state index is -3.23. The minimum absolute atomic E-state index is 0.0497. The Balaban J connectivity index is 0.000000861. The van der Waals surface area contributed by atoms with E-state index in [1.54, 1.807) is 0 Å². The van der Waals surface area contributed by atoms with Crippen molar-refractivity contribution in [3.8, 4) is 12.8 Å². The molecule has 1 saturated heterocycles. The first-order valence-electron chi connectivity index (χ1n) is 5.26. The molecule has 0 amide bonds. The van der Waals surface area contributed by atoms with Gasteiger partial charge in [-0.15, -0.1) is 12.8 Å². The van der Waals surface area contributed by atoms with Crippen LogP contribution < -0.4 is 11.4 Å². The molecule has 2 heterocycles. The van der Waals surface area contributed by atoms with E-state index in [1.165, 1.54) is 6.07 Å². The molecule has 1 aromatic heterocycles. The van der Waals surface area contributed by atoms with E-state index >= 15 is 0 Å². The molecule has 2 rings (SSSR count). The van der Waals surface area contributed by atoms with Gasteiger partial charge in [-0.2, -0.15) is 4.98 Å². The van der Waals surface area contributed by atoms with Gasteiger partial charge in [0.05, 0.1) is 12.7 Å². The monoisotopic (exact) mass is 273 g/mol. The Bertz CT molecular complexity index is 515. The Hall–Kier alpha value is -1.98. The fourth-order valence-corrected chi connectivity index (χ4v) is 1.72. The fourth-order valence-electron chi connectivity index (χ4n) is 1.72. The third kappa shape index (κ3) is 3.07. The summed E-state index contributed by atoms with van der Waals surface area (Å²) in [5.41, 5.74) is 4.35. The smallest absolute Gasteiger partial charge is 0.351 e. The summed E-state index contributed by atoms with van der Waals surface area (Å²) >= 11 is 0. The summed E-state index contributed by atoms with van der Waals surface area (Å²) < 4.78 is 32.7. The Labute approximate surface area is 107 Å². The average molecular weight is 273 g/mol. The van der Waals surface area contributed by atoms with Crippen LogP contribution in [0.3, 0.4) is 0 Å². The highest BCUT2D eigenvalue weighted by Crippen LogP contribution is 2.41. The van der Waals surface area contributed by atoms with E-state index in [4.69, 9.17) is 15.6 Å². The molecule has 3 N–H and O–H groups in total. The number of aromatic nitrogens is 2. The molecule has 6 nitrogen and oxygen atoms in total. The van der Waals surface area contributed by atoms with Gasteiger partial charge >= 0.3 is 5.69 Å². The number of hydrogen-bond acceptors (Lipinski definition) is 5. The van der Waals surface area contributed by atoms with Gasteiger partial charge in [-0.1, -0.05) is 0 Å². The van der Waals surface area contributed by atoms with E-state index in [1.807, 2.05) is 0 Å². The molecule has 0 saturated carbocycles. The zero-order valence-corrected chi connectivity index (χ0v) is 9.87. The molecule has 2 atom stereocenters. The summed E-state index contributed by atoms with van der Waals surface area (Å²) in [4.78, 5) is 14.7. The lowest BCUT2D eigenvalue weighted by Crippen LogP contribution is -2.35. The first-order valence-corrected chi connectivity index (χ1v) is 5.26. The number of rotatable bonds is 2. The second-order valence-electron chi connectivity index (χ2n) is 3.80. The molecule has 1 aromatic rings. The first-order chi connectivity index (χ1) is 8.94. The lowest BCUT2D eigenvalue weighted by Gasteiger charge is -2.19. The normalized spacial score (nSPS) is 24.5. The van der Waals surface area contributed by atoms with Crippen molar-refractivity contribution in [1.29, 1.82) is 0 Å². The van der Waals surface area contributed by atoms with Crippen LogP contribution in [0.1, 0.15) is 12.6 Å². The lowest BCUT2D eigenvalue weighted by molar-refractivity contribution is -0.120. The highest BCUT2D eigenvalue weighted by molar-refractivity contribution is 5.23. The van der Waals surface area contributed by atoms with Crippen LogP contribution >= 0.6 is 0 Å². The highest BCUT2D eigenvalue weighted by atomic mass is 19.3. The molecular weight excluding hydrogens is 260 g/mol. The number of nitrogens with zero attached hydrogens (tertiary/aromatic N) is 2. The lowest BCUT2D eigenvalue weighted by atomic mass is 10.2. The summed E-state index contributed by atoms with van der Waals surface area (Å²) in [5.74, 6) is -3.28. The number of nitrogen functional groups attached to an aromatic ring is 1. The van der Waals surface area contributed by atoms with Gasteiger partial charge in [0.2, 0.25) is 6.23 Å². The van der Waals surface area contributed by atoms with Crippen LogP contribution in [0.4, 0.5) is 14.6 Å². The van der Waals surface area contributed by atoms with Crippen LogP contribution in [-0.2, 0) is 4.74 Å².